The van der Waals surface area contributed by atoms with Gasteiger partial charge in [-0.15, -0.1) is 0 Å². The van der Waals surface area contributed by atoms with Crippen LogP contribution in [0.15, 0.2) is 24.7 Å². The van der Waals surface area contributed by atoms with Gasteiger partial charge in [0.2, 0.25) is 0 Å². The van der Waals surface area contributed by atoms with Gasteiger partial charge in [0.1, 0.15) is 11.5 Å². The smallest absolute Gasteiger partial charge is 0.273 e. The van der Waals surface area contributed by atoms with E-state index in [1.807, 2.05) is 0 Å². The first-order valence-electron chi connectivity index (χ1n) is 9.55. The molecule has 2 fully saturated rings. The van der Waals surface area contributed by atoms with E-state index >= 15 is 0 Å². The molecule has 4 rings (SSSR count). The minimum absolute atomic E-state index is 0.254. The van der Waals surface area contributed by atoms with Gasteiger partial charge in [-0.3, -0.25) is 14.6 Å². The van der Waals surface area contributed by atoms with Crippen LogP contribution in [0.25, 0.3) is 0 Å². The van der Waals surface area contributed by atoms with E-state index in [0.29, 0.717) is 31.0 Å². The highest BCUT2D eigenvalue weighted by Gasteiger charge is 2.52. The molecule has 2 atom stereocenters. The second-order valence-electron chi connectivity index (χ2n) is 8.03. The number of fused-ring (bicyclic) bond motifs is 2. The Balaban J connectivity index is 1.49. The van der Waals surface area contributed by atoms with Crippen LogP contribution < -0.4 is 10.6 Å². The van der Waals surface area contributed by atoms with Crippen molar-refractivity contribution >= 4 is 11.8 Å². The molecule has 2 aliphatic carbocycles. The molecular formula is C20H21F2N5O2. The lowest BCUT2D eigenvalue weighted by atomic mass is 9.78. The lowest BCUT2D eigenvalue weighted by molar-refractivity contribution is 0.0824. The fourth-order valence-corrected chi connectivity index (χ4v) is 4.59. The van der Waals surface area contributed by atoms with Gasteiger partial charge in [0, 0.05) is 23.3 Å². The third-order valence-corrected chi connectivity index (χ3v) is 5.84. The molecule has 0 spiro atoms. The van der Waals surface area contributed by atoms with E-state index in [2.05, 4.69) is 25.6 Å². The molecule has 7 nitrogen and oxygen atoms in total. The van der Waals surface area contributed by atoms with E-state index in [1.54, 1.807) is 13.1 Å². The largest absolute Gasteiger partial charge is 0.345 e. The number of aryl methyl sites for hydroxylation is 1. The van der Waals surface area contributed by atoms with Crippen LogP contribution in [-0.2, 0) is 0 Å². The van der Waals surface area contributed by atoms with Gasteiger partial charge in [0.15, 0.2) is 11.5 Å². The van der Waals surface area contributed by atoms with Crippen molar-refractivity contribution in [1.82, 2.24) is 25.6 Å². The van der Waals surface area contributed by atoms with Crippen LogP contribution in [0.5, 0.6) is 0 Å². The van der Waals surface area contributed by atoms with E-state index in [-0.39, 0.29) is 11.6 Å². The van der Waals surface area contributed by atoms with Crippen molar-refractivity contribution in [3.8, 4) is 0 Å². The Morgan fingerprint density at radius 2 is 1.69 bits per heavy atom. The second-order valence-corrected chi connectivity index (χ2v) is 8.03. The number of carbonyl (C=O) groups is 2. The molecule has 2 bridgehead atoms. The number of halogens is 2. The Morgan fingerprint density at radius 3 is 2.34 bits per heavy atom. The number of amides is 2. The summed E-state index contributed by atoms with van der Waals surface area (Å²) < 4.78 is 27.0. The normalized spacial score (nSPS) is 25.5. The third-order valence-electron chi connectivity index (χ3n) is 5.84. The van der Waals surface area contributed by atoms with E-state index in [9.17, 15) is 18.4 Å². The first kappa shape index (κ1) is 19.4. The van der Waals surface area contributed by atoms with Gasteiger partial charge in [-0.05, 0) is 45.4 Å². The molecular weight excluding hydrogens is 380 g/mol. The summed E-state index contributed by atoms with van der Waals surface area (Å²) >= 11 is 0. The summed E-state index contributed by atoms with van der Waals surface area (Å²) in [5, 5.41) is 6.00. The summed E-state index contributed by atoms with van der Waals surface area (Å²) in [5.41, 5.74) is -0.528. The number of nitrogens with zero attached hydrogens (tertiary/aromatic N) is 3. The summed E-state index contributed by atoms with van der Waals surface area (Å²) in [5.74, 6) is -2.80. The molecule has 2 saturated carbocycles. The highest BCUT2D eigenvalue weighted by atomic mass is 19.1. The first-order valence-corrected chi connectivity index (χ1v) is 9.55. The minimum atomic E-state index is -0.995. The van der Waals surface area contributed by atoms with Gasteiger partial charge >= 0.3 is 0 Å². The number of aromatic nitrogens is 3. The van der Waals surface area contributed by atoms with Gasteiger partial charge < -0.3 is 10.6 Å². The molecule has 0 aliphatic heterocycles. The molecule has 2 aliphatic rings. The van der Waals surface area contributed by atoms with Gasteiger partial charge in [-0.25, -0.2) is 18.7 Å². The highest BCUT2D eigenvalue weighted by molar-refractivity contribution is 5.93. The van der Waals surface area contributed by atoms with E-state index in [0.717, 1.165) is 25.5 Å². The van der Waals surface area contributed by atoms with Crippen LogP contribution in [-0.4, -0.2) is 37.8 Å². The number of hydrogen-bond donors (Lipinski definition) is 2. The molecule has 2 amide bonds. The molecule has 0 unspecified atom stereocenters. The maximum Gasteiger partial charge on any atom is 0.273 e. The van der Waals surface area contributed by atoms with Crippen molar-refractivity contribution in [3.05, 3.63) is 53.4 Å². The number of carbonyl (C=O) groups excluding carboxylic acids is 2. The fraction of sp³-hybridized carbons (Fsp3) is 0.450. The van der Waals surface area contributed by atoms with Crippen molar-refractivity contribution in [2.75, 3.05) is 0 Å². The summed E-state index contributed by atoms with van der Waals surface area (Å²) in [4.78, 5) is 37.1. The number of hydrogen-bond acceptors (Lipinski definition) is 5. The van der Waals surface area contributed by atoms with Crippen LogP contribution in [0.1, 0.15) is 65.2 Å². The van der Waals surface area contributed by atoms with Gasteiger partial charge in [0.05, 0.1) is 18.1 Å². The van der Waals surface area contributed by atoms with Crippen LogP contribution in [0.2, 0.25) is 0 Å². The standard InChI is InChI=1S/C20H21F2N5O2/c1-12-8-23-10-15(25-12)17(28)26-19-3-2-4-20(11-19,6-5-19)27-18(29)16-14(22)7-13(21)9-24-16/h7-10H,2-6,11H2,1H3,(H,26,28)(H,27,29)/t19-,20+/m0/s1. The van der Waals surface area contributed by atoms with Gasteiger partial charge in [-0.1, -0.05) is 0 Å². The Hall–Kier alpha value is -2.97. The average molecular weight is 401 g/mol. The summed E-state index contributed by atoms with van der Waals surface area (Å²) in [7, 11) is 0. The predicted octanol–water partition coefficient (Wildman–Crippen LogP) is 2.46. The van der Waals surface area contributed by atoms with Gasteiger partial charge in [0.25, 0.3) is 11.8 Å². The SMILES string of the molecule is Cc1cncc(C(=O)N[C@@]23CCC[C@@](NC(=O)c4ncc(F)cc4F)(CC2)C3)n1. The zero-order valence-corrected chi connectivity index (χ0v) is 16.0. The molecule has 0 radical (unpaired) electrons. The van der Waals surface area contributed by atoms with Crippen LogP contribution >= 0.6 is 0 Å². The minimum Gasteiger partial charge on any atom is -0.345 e. The van der Waals surface area contributed by atoms with Crippen molar-refractivity contribution in [2.45, 2.75) is 56.5 Å². The summed E-state index contributed by atoms with van der Waals surface area (Å²) in [6, 6.07) is 0.641. The first-order chi connectivity index (χ1) is 13.8. The van der Waals surface area contributed by atoms with Crippen molar-refractivity contribution in [2.24, 2.45) is 0 Å². The van der Waals surface area contributed by atoms with Crippen LogP contribution in [0, 0.1) is 18.6 Å². The molecule has 2 aromatic rings. The van der Waals surface area contributed by atoms with Crippen LogP contribution in [0.4, 0.5) is 8.78 Å². The Bertz CT molecular complexity index is 985. The van der Waals surface area contributed by atoms with Gasteiger partial charge in [-0.2, -0.15) is 0 Å². The van der Waals surface area contributed by atoms with Crippen molar-refractivity contribution < 1.29 is 18.4 Å². The zero-order valence-electron chi connectivity index (χ0n) is 16.0. The fourth-order valence-electron chi connectivity index (χ4n) is 4.59. The number of pyridine rings is 1. The summed E-state index contributed by atoms with van der Waals surface area (Å²) in [6.07, 6.45) is 8.03. The Kier molecular flexibility index (Phi) is 4.76. The molecule has 2 heterocycles. The Labute approximate surface area is 166 Å². The lowest BCUT2D eigenvalue weighted by Gasteiger charge is -2.40. The van der Waals surface area contributed by atoms with Crippen molar-refractivity contribution in [3.63, 3.8) is 0 Å². The molecule has 9 heteroatoms. The monoisotopic (exact) mass is 401 g/mol. The van der Waals surface area contributed by atoms with Crippen molar-refractivity contribution in [1.29, 1.82) is 0 Å². The summed E-state index contributed by atoms with van der Waals surface area (Å²) in [6.45, 7) is 1.77. The average Bonchev–Trinajstić information content (AvgIpc) is 2.91. The molecule has 29 heavy (non-hydrogen) atoms. The molecule has 2 aromatic heterocycles. The third kappa shape index (κ3) is 3.81. The molecule has 2 N–H and O–H groups in total. The van der Waals surface area contributed by atoms with E-state index < -0.39 is 34.3 Å². The topological polar surface area (TPSA) is 96.9 Å². The van der Waals surface area contributed by atoms with E-state index in [1.165, 1.54) is 6.20 Å². The quantitative estimate of drug-likeness (QED) is 0.820. The van der Waals surface area contributed by atoms with Crippen LogP contribution in [0.3, 0.4) is 0 Å². The second kappa shape index (κ2) is 7.13. The maximum absolute atomic E-state index is 13.9. The van der Waals surface area contributed by atoms with E-state index in [4.69, 9.17) is 0 Å². The maximum atomic E-state index is 13.9. The molecule has 0 aromatic carbocycles. The number of nitrogens with one attached hydrogen (secondary N) is 2. The lowest BCUT2D eigenvalue weighted by Crippen LogP contribution is -2.55. The highest BCUT2D eigenvalue weighted by Crippen LogP contribution is 2.48. The number of rotatable bonds is 4. The zero-order chi connectivity index (χ0) is 20.6. The molecule has 152 valence electrons. The molecule has 0 saturated heterocycles. The predicted molar refractivity (Wildman–Crippen MR) is 99.0 cm³/mol. The Morgan fingerprint density at radius 1 is 1.00 bits per heavy atom.